The zero-order valence-electron chi connectivity index (χ0n) is 17.2. The van der Waals surface area contributed by atoms with Crippen LogP contribution in [0.1, 0.15) is 58.2 Å². The second kappa shape index (κ2) is 8.22. The number of nitrogens with two attached hydrogens (primary N) is 1. The highest BCUT2D eigenvalue weighted by Crippen LogP contribution is 2.27. The Hall–Kier alpha value is -3.91. The summed E-state index contributed by atoms with van der Waals surface area (Å²) in [4.78, 5) is 25.5. The molecule has 0 fully saturated rings. The normalized spacial score (nSPS) is 10.9. The number of hydrogen-bond donors (Lipinski definition) is 2. The van der Waals surface area contributed by atoms with Crippen molar-refractivity contribution in [1.82, 2.24) is 0 Å². The SMILES string of the molecule is CC(C)(C)c1ccc(C(=O)c2cccc(NC(=O)c3cccc(C#N)c3)c2N)cc1. The van der Waals surface area contributed by atoms with E-state index >= 15 is 0 Å². The highest BCUT2D eigenvalue weighted by atomic mass is 16.1. The van der Waals surface area contributed by atoms with Crippen molar-refractivity contribution in [3.63, 3.8) is 0 Å². The third-order valence-corrected chi connectivity index (χ3v) is 4.87. The molecule has 0 bridgehead atoms. The maximum atomic E-state index is 13.0. The molecule has 5 heteroatoms. The number of ketones is 1. The number of hydrogen-bond acceptors (Lipinski definition) is 4. The number of nitrogen functional groups attached to an aromatic ring is 1. The van der Waals surface area contributed by atoms with Crippen LogP contribution in [-0.4, -0.2) is 11.7 Å². The van der Waals surface area contributed by atoms with Crippen LogP contribution in [0.25, 0.3) is 0 Å². The van der Waals surface area contributed by atoms with Gasteiger partial charge in [-0.15, -0.1) is 0 Å². The molecule has 0 aromatic heterocycles. The van der Waals surface area contributed by atoms with Gasteiger partial charge in [0.2, 0.25) is 0 Å². The van der Waals surface area contributed by atoms with Gasteiger partial charge in [-0.1, -0.05) is 57.2 Å². The topological polar surface area (TPSA) is 96.0 Å². The Labute approximate surface area is 176 Å². The van der Waals surface area contributed by atoms with Crippen molar-refractivity contribution in [3.8, 4) is 6.07 Å². The van der Waals surface area contributed by atoms with Crippen molar-refractivity contribution >= 4 is 23.1 Å². The molecule has 0 aliphatic carbocycles. The van der Waals surface area contributed by atoms with E-state index in [-0.39, 0.29) is 16.9 Å². The highest BCUT2D eigenvalue weighted by Gasteiger charge is 2.18. The Balaban J connectivity index is 1.86. The lowest BCUT2D eigenvalue weighted by molar-refractivity contribution is 0.102. The number of para-hydroxylation sites is 1. The van der Waals surface area contributed by atoms with Crippen LogP contribution in [0.2, 0.25) is 0 Å². The number of rotatable bonds is 4. The Morgan fingerprint density at radius 2 is 1.60 bits per heavy atom. The molecule has 3 N–H and O–H groups in total. The highest BCUT2D eigenvalue weighted by molar-refractivity contribution is 6.15. The summed E-state index contributed by atoms with van der Waals surface area (Å²) < 4.78 is 0. The standard InChI is InChI=1S/C25H23N3O2/c1-25(2,3)19-12-10-17(11-13-19)23(29)20-8-5-9-21(22(20)27)28-24(30)18-7-4-6-16(14-18)15-26/h4-14H,27H2,1-3H3,(H,28,30). The number of amides is 1. The van der Waals surface area contributed by atoms with E-state index in [0.717, 1.165) is 5.56 Å². The Bertz CT molecular complexity index is 1150. The van der Waals surface area contributed by atoms with E-state index in [1.165, 1.54) is 6.07 Å². The van der Waals surface area contributed by atoms with Crippen LogP contribution in [0.4, 0.5) is 11.4 Å². The Morgan fingerprint density at radius 1 is 0.933 bits per heavy atom. The van der Waals surface area contributed by atoms with Crippen LogP contribution >= 0.6 is 0 Å². The fraction of sp³-hybridized carbons (Fsp3) is 0.160. The minimum absolute atomic E-state index is 0.00630. The first-order chi connectivity index (χ1) is 14.2. The first kappa shape index (κ1) is 20.8. The summed E-state index contributed by atoms with van der Waals surface area (Å²) >= 11 is 0. The Kier molecular flexibility index (Phi) is 5.70. The minimum atomic E-state index is -0.405. The summed E-state index contributed by atoms with van der Waals surface area (Å²) in [5.41, 5.74) is 9.46. The van der Waals surface area contributed by atoms with Gasteiger partial charge in [0.25, 0.3) is 5.91 Å². The first-order valence-corrected chi connectivity index (χ1v) is 9.56. The van der Waals surface area contributed by atoms with Gasteiger partial charge in [-0.05, 0) is 41.3 Å². The molecule has 5 nitrogen and oxygen atoms in total. The number of nitrogens with one attached hydrogen (secondary N) is 1. The van der Waals surface area contributed by atoms with Gasteiger partial charge in [0.15, 0.2) is 5.78 Å². The van der Waals surface area contributed by atoms with Gasteiger partial charge in [-0.2, -0.15) is 5.26 Å². The minimum Gasteiger partial charge on any atom is -0.396 e. The summed E-state index contributed by atoms with van der Waals surface area (Å²) in [6.45, 7) is 6.33. The van der Waals surface area contributed by atoms with Gasteiger partial charge in [0, 0.05) is 16.7 Å². The molecule has 0 unspecified atom stereocenters. The first-order valence-electron chi connectivity index (χ1n) is 9.56. The zero-order valence-corrected chi connectivity index (χ0v) is 17.2. The maximum absolute atomic E-state index is 13.0. The molecule has 3 aromatic rings. The smallest absolute Gasteiger partial charge is 0.255 e. The Morgan fingerprint density at radius 3 is 2.23 bits per heavy atom. The lowest BCUT2D eigenvalue weighted by Crippen LogP contribution is -2.15. The molecule has 0 spiro atoms. The zero-order chi connectivity index (χ0) is 21.9. The quantitative estimate of drug-likeness (QED) is 0.482. The molecule has 0 saturated heterocycles. The molecule has 0 aliphatic rings. The molecule has 30 heavy (non-hydrogen) atoms. The average Bonchev–Trinajstić information content (AvgIpc) is 2.74. The molecule has 0 aliphatic heterocycles. The van der Waals surface area contributed by atoms with E-state index in [2.05, 4.69) is 26.1 Å². The molecule has 0 heterocycles. The summed E-state index contributed by atoms with van der Waals surface area (Å²) in [7, 11) is 0. The fourth-order valence-corrected chi connectivity index (χ4v) is 3.07. The van der Waals surface area contributed by atoms with Crippen molar-refractivity contribution in [1.29, 1.82) is 5.26 Å². The van der Waals surface area contributed by atoms with Gasteiger partial charge in [0.1, 0.15) is 0 Å². The monoisotopic (exact) mass is 397 g/mol. The van der Waals surface area contributed by atoms with Crippen molar-refractivity contribution < 1.29 is 9.59 Å². The van der Waals surface area contributed by atoms with Crippen LogP contribution in [0, 0.1) is 11.3 Å². The van der Waals surface area contributed by atoms with Crippen LogP contribution in [-0.2, 0) is 5.41 Å². The summed E-state index contributed by atoms with van der Waals surface area (Å²) in [5.74, 6) is -0.617. The fourth-order valence-electron chi connectivity index (χ4n) is 3.07. The van der Waals surface area contributed by atoms with Crippen molar-refractivity contribution in [2.75, 3.05) is 11.1 Å². The molecule has 3 rings (SSSR count). The predicted octanol–water partition coefficient (Wildman–Crippen LogP) is 4.92. The number of carbonyl (C=O) groups is 2. The largest absolute Gasteiger partial charge is 0.396 e. The van der Waals surface area contributed by atoms with E-state index in [1.807, 2.05) is 18.2 Å². The number of anilines is 2. The van der Waals surface area contributed by atoms with Crippen LogP contribution in [0.3, 0.4) is 0 Å². The van der Waals surface area contributed by atoms with E-state index < -0.39 is 5.91 Å². The molecule has 150 valence electrons. The lowest BCUT2D eigenvalue weighted by atomic mass is 9.86. The van der Waals surface area contributed by atoms with Gasteiger partial charge < -0.3 is 11.1 Å². The van der Waals surface area contributed by atoms with E-state index in [1.54, 1.807) is 48.5 Å². The predicted molar refractivity (Wildman–Crippen MR) is 119 cm³/mol. The van der Waals surface area contributed by atoms with Crippen molar-refractivity contribution in [2.45, 2.75) is 26.2 Å². The van der Waals surface area contributed by atoms with Crippen molar-refractivity contribution in [2.24, 2.45) is 0 Å². The van der Waals surface area contributed by atoms with Gasteiger partial charge in [0.05, 0.1) is 23.0 Å². The van der Waals surface area contributed by atoms with Crippen molar-refractivity contribution in [3.05, 3.63) is 94.5 Å². The third kappa shape index (κ3) is 4.39. The molecule has 0 atom stereocenters. The van der Waals surface area contributed by atoms with E-state index in [9.17, 15) is 9.59 Å². The molecule has 0 saturated carbocycles. The maximum Gasteiger partial charge on any atom is 0.255 e. The van der Waals surface area contributed by atoms with Gasteiger partial charge >= 0.3 is 0 Å². The van der Waals surface area contributed by atoms with Crippen LogP contribution < -0.4 is 11.1 Å². The van der Waals surface area contributed by atoms with Crippen LogP contribution in [0.5, 0.6) is 0 Å². The second-order valence-corrected chi connectivity index (χ2v) is 8.07. The molecule has 3 aromatic carbocycles. The van der Waals surface area contributed by atoms with E-state index in [4.69, 9.17) is 11.0 Å². The third-order valence-electron chi connectivity index (χ3n) is 4.87. The van der Waals surface area contributed by atoms with Gasteiger partial charge in [-0.25, -0.2) is 0 Å². The number of benzene rings is 3. The molecular weight excluding hydrogens is 374 g/mol. The summed E-state index contributed by atoms with van der Waals surface area (Å²) in [6.07, 6.45) is 0. The van der Waals surface area contributed by atoms with Gasteiger partial charge in [-0.3, -0.25) is 9.59 Å². The summed E-state index contributed by atoms with van der Waals surface area (Å²) in [5, 5.41) is 11.7. The van der Waals surface area contributed by atoms with E-state index in [0.29, 0.717) is 27.9 Å². The number of nitrogens with zero attached hydrogens (tertiary/aromatic N) is 1. The summed E-state index contributed by atoms with van der Waals surface area (Å²) in [6, 6.07) is 20.8. The number of nitriles is 1. The average molecular weight is 397 g/mol. The lowest BCUT2D eigenvalue weighted by Gasteiger charge is -2.19. The second-order valence-electron chi connectivity index (χ2n) is 8.07. The number of carbonyl (C=O) groups excluding carboxylic acids is 2. The molecule has 0 radical (unpaired) electrons. The molecule has 1 amide bonds. The van der Waals surface area contributed by atoms with Crippen LogP contribution in [0.15, 0.2) is 66.7 Å². The molecular formula is C25H23N3O2.